The summed E-state index contributed by atoms with van der Waals surface area (Å²) >= 11 is 0. The number of hydrogen-bond donors (Lipinski definition) is 2. The summed E-state index contributed by atoms with van der Waals surface area (Å²) in [5.74, 6) is -0.658. The van der Waals surface area contributed by atoms with Crippen LogP contribution < -0.4 is 10.6 Å². The minimum atomic E-state index is -0.638. The van der Waals surface area contributed by atoms with Gasteiger partial charge in [-0.1, -0.05) is 24.3 Å². The fourth-order valence-electron chi connectivity index (χ4n) is 2.43. The molecule has 102 valence electrons. The molecule has 0 fully saturated rings. The first-order chi connectivity index (χ1) is 9.69. The second-order valence-corrected chi connectivity index (χ2v) is 4.68. The number of benzene rings is 2. The van der Waals surface area contributed by atoms with Crippen molar-refractivity contribution in [3.8, 4) is 0 Å². The molecule has 0 spiro atoms. The number of carbonyl (C=O) groups is 2. The van der Waals surface area contributed by atoms with Crippen LogP contribution in [0.2, 0.25) is 0 Å². The minimum absolute atomic E-state index is 0.00723. The zero-order valence-corrected chi connectivity index (χ0v) is 11.0. The van der Waals surface area contributed by atoms with Gasteiger partial charge < -0.3 is 15.4 Å². The third-order valence-electron chi connectivity index (χ3n) is 3.41. The monoisotopic (exact) mass is 270 g/mol. The van der Waals surface area contributed by atoms with Crippen molar-refractivity contribution < 1.29 is 14.3 Å². The molecule has 5 heteroatoms. The molecule has 2 aromatic rings. The first kappa shape index (κ1) is 12.5. The molecule has 0 saturated carbocycles. The summed E-state index contributed by atoms with van der Waals surface area (Å²) < 4.78 is 4.63. The van der Waals surface area contributed by atoms with Crippen LogP contribution in [0.5, 0.6) is 0 Å². The van der Waals surface area contributed by atoms with Gasteiger partial charge in [-0.3, -0.25) is 9.59 Å². The number of carbonyl (C=O) groups excluding carboxylic acids is 2. The van der Waals surface area contributed by atoms with E-state index in [1.807, 2.05) is 36.4 Å². The van der Waals surface area contributed by atoms with Gasteiger partial charge in [0.25, 0.3) is 0 Å². The molecule has 5 nitrogen and oxygen atoms in total. The Hall–Kier alpha value is -2.56. The average Bonchev–Trinajstić information content (AvgIpc) is 2.58. The van der Waals surface area contributed by atoms with Crippen molar-refractivity contribution in [1.29, 1.82) is 0 Å². The van der Waals surface area contributed by atoms with E-state index in [1.54, 1.807) is 0 Å². The van der Waals surface area contributed by atoms with Crippen molar-refractivity contribution in [2.75, 3.05) is 17.7 Å². The summed E-state index contributed by atoms with van der Waals surface area (Å²) in [5.41, 5.74) is 1.59. The maximum atomic E-state index is 12.2. The third-order valence-corrected chi connectivity index (χ3v) is 3.41. The van der Waals surface area contributed by atoms with E-state index in [1.165, 1.54) is 7.11 Å². The molecule has 0 bridgehead atoms. The van der Waals surface area contributed by atoms with Gasteiger partial charge in [-0.05, 0) is 17.5 Å². The van der Waals surface area contributed by atoms with Crippen LogP contribution in [0, 0.1) is 0 Å². The molecule has 1 heterocycles. The van der Waals surface area contributed by atoms with Crippen LogP contribution in [0.3, 0.4) is 0 Å². The lowest BCUT2D eigenvalue weighted by Crippen LogP contribution is -2.35. The highest BCUT2D eigenvalue weighted by Crippen LogP contribution is 2.33. The van der Waals surface area contributed by atoms with Crippen LogP contribution in [-0.2, 0) is 14.3 Å². The Morgan fingerprint density at radius 1 is 1.20 bits per heavy atom. The van der Waals surface area contributed by atoms with Gasteiger partial charge in [-0.25, -0.2) is 0 Å². The van der Waals surface area contributed by atoms with Gasteiger partial charge in [0.1, 0.15) is 6.04 Å². The second kappa shape index (κ2) is 4.85. The fourth-order valence-corrected chi connectivity index (χ4v) is 2.43. The van der Waals surface area contributed by atoms with Gasteiger partial charge in [0.2, 0.25) is 5.91 Å². The first-order valence-electron chi connectivity index (χ1n) is 6.35. The Kier molecular flexibility index (Phi) is 3.02. The summed E-state index contributed by atoms with van der Waals surface area (Å²) in [4.78, 5) is 23.6. The zero-order chi connectivity index (χ0) is 14.1. The van der Waals surface area contributed by atoms with E-state index in [4.69, 9.17) is 0 Å². The molecule has 0 aromatic heterocycles. The Balaban J connectivity index is 2.05. The van der Waals surface area contributed by atoms with Crippen LogP contribution in [0.4, 0.5) is 11.4 Å². The number of ether oxygens (including phenoxy) is 1. The number of esters is 1. The number of rotatable bonds is 2. The quantitative estimate of drug-likeness (QED) is 0.820. The van der Waals surface area contributed by atoms with E-state index in [0.717, 1.165) is 22.1 Å². The first-order valence-corrected chi connectivity index (χ1v) is 6.35. The zero-order valence-electron chi connectivity index (χ0n) is 11.0. The maximum absolute atomic E-state index is 12.2. The molecule has 0 saturated heterocycles. The Labute approximate surface area is 115 Å². The number of amides is 1. The van der Waals surface area contributed by atoms with Crippen molar-refractivity contribution in [3.63, 3.8) is 0 Å². The van der Waals surface area contributed by atoms with Gasteiger partial charge in [0.15, 0.2) is 0 Å². The number of anilines is 2. The molecule has 2 N–H and O–H groups in total. The van der Waals surface area contributed by atoms with Crippen molar-refractivity contribution in [2.45, 2.75) is 12.5 Å². The predicted octanol–water partition coefficient (Wildman–Crippen LogP) is 2.14. The highest BCUT2D eigenvalue weighted by molar-refractivity contribution is 6.12. The number of methoxy groups -OCH3 is 1. The summed E-state index contributed by atoms with van der Waals surface area (Å²) in [6.45, 7) is 0. The van der Waals surface area contributed by atoms with Crippen LogP contribution in [0.1, 0.15) is 6.42 Å². The molecule has 0 aliphatic carbocycles. The number of nitrogens with one attached hydrogen (secondary N) is 2. The van der Waals surface area contributed by atoms with Crippen LogP contribution in [0.15, 0.2) is 36.4 Å². The molecular formula is C15H14N2O3. The van der Waals surface area contributed by atoms with Crippen molar-refractivity contribution in [1.82, 2.24) is 0 Å². The summed E-state index contributed by atoms with van der Waals surface area (Å²) in [7, 11) is 1.31. The third kappa shape index (κ3) is 2.07. The van der Waals surface area contributed by atoms with E-state index in [0.29, 0.717) is 0 Å². The lowest BCUT2D eigenvalue weighted by Gasteiger charge is -2.15. The molecule has 2 aromatic carbocycles. The molecule has 1 aliphatic heterocycles. The lowest BCUT2D eigenvalue weighted by atomic mass is 10.1. The predicted molar refractivity (Wildman–Crippen MR) is 76.6 cm³/mol. The van der Waals surface area contributed by atoms with Gasteiger partial charge >= 0.3 is 5.97 Å². The van der Waals surface area contributed by atoms with Gasteiger partial charge in [0, 0.05) is 11.1 Å². The van der Waals surface area contributed by atoms with Gasteiger partial charge in [-0.2, -0.15) is 0 Å². The van der Waals surface area contributed by atoms with Crippen molar-refractivity contribution >= 4 is 34.0 Å². The Morgan fingerprint density at radius 2 is 1.90 bits per heavy atom. The van der Waals surface area contributed by atoms with Crippen LogP contribution in [-0.4, -0.2) is 25.0 Å². The SMILES string of the molecule is COC(=O)C[C@@H]1Nc2cccc3cccc(c23)NC1=O. The average molecular weight is 270 g/mol. The van der Waals surface area contributed by atoms with E-state index < -0.39 is 12.0 Å². The lowest BCUT2D eigenvalue weighted by molar-refractivity contribution is -0.142. The van der Waals surface area contributed by atoms with E-state index in [9.17, 15) is 9.59 Å². The van der Waals surface area contributed by atoms with Crippen LogP contribution >= 0.6 is 0 Å². The normalized spacial score (nSPS) is 17.1. The van der Waals surface area contributed by atoms with Crippen molar-refractivity contribution in [3.05, 3.63) is 36.4 Å². The van der Waals surface area contributed by atoms with Gasteiger partial charge in [-0.15, -0.1) is 0 Å². The number of hydrogen-bond acceptors (Lipinski definition) is 4. The molecule has 20 heavy (non-hydrogen) atoms. The smallest absolute Gasteiger partial charge is 0.308 e. The maximum Gasteiger partial charge on any atom is 0.308 e. The molecule has 1 amide bonds. The second-order valence-electron chi connectivity index (χ2n) is 4.68. The molecular weight excluding hydrogens is 256 g/mol. The summed E-state index contributed by atoms with van der Waals surface area (Å²) in [6.07, 6.45) is -0.00723. The minimum Gasteiger partial charge on any atom is -0.469 e. The molecule has 0 unspecified atom stereocenters. The van der Waals surface area contributed by atoms with E-state index >= 15 is 0 Å². The topological polar surface area (TPSA) is 67.4 Å². The highest BCUT2D eigenvalue weighted by Gasteiger charge is 2.26. The highest BCUT2D eigenvalue weighted by atomic mass is 16.5. The van der Waals surface area contributed by atoms with Crippen LogP contribution in [0.25, 0.3) is 10.8 Å². The van der Waals surface area contributed by atoms with E-state index in [2.05, 4.69) is 15.4 Å². The largest absolute Gasteiger partial charge is 0.469 e. The van der Waals surface area contributed by atoms with Gasteiger partial charge in [0.05, 0.1) is 19.2 Å². The Bertz CT molecular complexity index is 691. The fraction of sp³-hybridized carbons (Fsp3) is 0.200. The van der Waals surface area contributed by atoms with E-state index in [-0.39, 0.29) is 12.3 Å². The standard InChI is InChI=1S/C15H14N2O3/c1-20-13(18)8-12-15(19)17-11-7-3-5-9-4-2-6-10(16-12)14(9)11/h2-7,12,16H,8H2,1H3,(H,17,19)/t12-/m0/s1. The molecule has 0 radical (unpaired) electrons. The summed E-state index contributed by atoms with van der Waals surface area (Å²) in [5, 5.41) is 7.97. The molecule has 1 aliphatic rings. The van der Waals surface area contributed by atoms with Crippen molar-refractivity contribution in [2.24, 2.45) is 0 Å². The Morgan fingerprint density at radius 3 is 2.60 bits per heavy atom. The molecule has 3 rings (SSSR count). The molecule has 1 atom stereocenters. The summed E-state index contributed by atoms with van der Waals surface area (Å²) in [6, 6.07) is 10.9.